The van der Waals surface area contributed by atoms with Crippen molar-refractivity contribution in [1.29, 1.82) is 0 Å². The van der Waals surface area contributed by atoms with Crippen LogP contribution < -0.4 is 19.7 Å². The fraction of sp³-hybridized carbons (Fsp3) is 0.400. The van der Waals surface area contributed by atoms with E-state index < -0.39 is 6.04 Å². The maximum absolute atomic E-state index is 13.7. The van der Waals surface area contributed by atoms with Crippen LogP contribution in [0.1, 0.15) is 49.2 Å². The normalized spacial score (nSPS) is 12.8. The number of aromatic nitrogens is 2. The summed E-state index contributed by atoms with van der Waals surface area (Å²) >= 11 is 0. The Morgan fingerprint density at radius 1 is 1.10 bits per heavy atom. The minimum atomic E-state index is -0.829. The highest BCUT2D eigenvalue weighted by molar-refractivity contribution is 5.99. The van der Waals surface area contributed by atoms with Crippen molar-refractivity contribution >= 4 is 23.5 Å². The number of nitrogens with one attached hydrogen (secondary N) is 1. The number of fused-ring (bicyclic) bond motifs is 1. The third-order valence-corrected chi connectivity index (χ3v) is 6.82. The number of hydrogen-bond donors (Lipinski definition) is 1. The summed E-state index contributed by atoms with van der Waals surface area (Å²) in [4.78, 5) is 40.7. The van der Waals surface area contributed by atoms with Gasteiger partial charge in [-0.1, -0.05) is 44.2 Å². The second-order valence-electron chi connectivity index (χ2n) is 9.99. The fourth-order valence-electron chi connectivity index (χ4n) is 4.68. The van der Waals surface area contributed by atoms with E-state index in [4.69, 9.17) is 14.2 Å². The molecular formula is C30H36N4O6. The van der Waals surface area contributed by atoms with Gasteiger partial charge in [-0.25, -0.2) is 0 Å². The zero-order valence-corrected chi connectivity index (χ0v) is 23.6. The van der Waals surface area contributed by atoms with Gasteiger partial charge in [0.05, 0.1) is 18.7 Å². The Morgan fingerprint density at radius 3 is 2.52 bits per heavy atom. The SMILES string of the molecule is CCOC(=O)Cc1c(C(C)C)nn(CC(=O)N[C@@H](Cc2ccccc2)C(=O)N(C)c2ccc3c(c2)OCO3)c1C. The smallest absolute Gasteiger partial charge is 0.310 e. The van der Waals surface area contributed by atoms with Gasteiger partial charge in [0.2, 0.25) is 18.6 Å². The summed E-state index contributed by atoms with van der Waals surface area (Å²) in [7, 11) is 1.66. The van der Waals surface area contributed by atoms with E-state index in [0.29, 0.717) is 30.2 Å². The molecular weight excluding hydrogens is 512 g/mol. The Labute approximate surface area is 234 Å². The van der Waals surface area contributed by atoms with E-state index in [1.165, 1.54) is 4.90 Å². The summed E-state index contributed by atoms with van der Waals surface area (Å²) < 4.78 is 17.6. The van der Waals surface area contributed by atoms with E-state index >= 15 is 0 Å². The molecule has 3 aromatic rings. The summed E-state index contributed by atoms with van der Waals surface area (Å²) in [6.45, 7) is 7.90. The number of carbonyl (C=O) groups is 3. The van der Waals surface area contributed by atoms with Gasteiger partial charge in [0.15, 0.2) is 11.5 Å². The molecule has 0 bridgehead atoms. The number of carbonyl (C=O) groups excluding carboxylic acids is 3. The molecule has 2 heterocycles. The van der Waals surface area contributed by atoms with Crippen LogP contribution in [0.2, 0.25) is 0 Å². The number of benzene rings is 2. The standard InChI is InChI=1S/C30H36N4O6/c1-6-38-28(36)16-23-20(4)34(32-29(23)19(2)3)17-27(35)31-24(14-21-10-8-7-9-11-21)30(37)33(5)22-12-13-25-26(15-22)40-18-39-25/h7-13,15,19,24H,6,14,16-18H2,1-5H3,(H,31,35)/t24-/m0/s1. The minimum Gasteiger partial charge on any atom is -0.466 e. The molecule has 1 aliphatic heterocycles. The minimum absolute atomic E-state index is 0.0511. The molecule has 10 heteroatoms. The van der Waals surface area contributed by atoms with Crippen molar-refractivity contribution < 1.29 is 28.6 Å². The van der Waals surface area contributed by atoms with Crippen LogP contribution in [0.15, 0.2) is 48.5 Å². The topological polar surface area (TPSA) is 112 Å². The highest BCUT2D eigenvalue weighted by Crippen LogP contribution is 2.35. The molecule has 10 nitrogen and oxygen atoms in total. The first-order valence-corrected chi connectivity index (χ1v) is 13.4. The number of ether oxygens (including phenoxy) is 3. The van der Waals surface area contributed by atoms with E-state index in [-0.39, 0.29) is 43.5 Å². The van der Waals surface area contributed by atoms with Gasteiger partial charge in [-0.05, 0) is 37.5 Å². The van der Waals surface area contributed by atoms with Gasteiger partial charge in [0, 0.05) is 36.5 Å². The zero-order chi connectivity index (χ0) is 28.8. The molecule has 0 fully saturated rings. The lowest BCUT2D eigenvalue weighted by Gasteiger charge is -2.25. The van der Waals surface area contributed by atoms with Gasteiger partial charge < -0.3 is 24.4 Å². The van der Waals surface area contributed by atoms with Gasteiger partial charge >= 0.3 is 5.97 Å². The second kappa shape index (κ2) is 12.7. The van der Waals surface area contributed by atoms with E-state index in [1.807, 2.05) is 51.1 Å². The Kier molecular flexibility index (Phi) is 9.08. The van der Waals surface area contributed by atoms with Crippen molar-refractivity contribution in [1.82, 2.24) is 15.1 Å². The van der Waals surface area contributed by atoms with Gasteiger partial charge in [-0.3, -0.25) is 19.1 Å². The van der Waals surface area contributed by atoms with Crippen LogP contribution in [-0.2, 0) is 38.5 Å². The quantitative estimate of drug-likeness (QED) is 0.365. The first-order chi connectivity index (χ1) is 19.2. The van der Waals surface area contributed by atoms with E-state index in [2.05, 4.69) is 10.4 Å². The predicted molar refractivity (Wildman–Crippen MR) is 149 cm³/mol. The summed E-state index contributed by atoms with van der Waals surface area (Å²) in [5.74, 6) is 0.258. The molecule has 0 saturated carbocycles. The third kappa shape index (κ3) is 6.62. The average molecular weight is 549 g/mol. The van der Waals surface area contributed by atoms with Gasteiger partial charge in [-0.2, -0.15) is 5.10 Å². The molecule has 1 aliphatic rings. The highest BCUT2D eigenvalue weighted by atomic mass is 16.7. The van der Waals surface area contributed by atoms with Crippen molar-refractivity contribution in [3.8, 4) is 11.5 Å². The molecule has 0 radical (unpaired) electrons. The molecule has 1 N–H and O–H groups in total. The summed E-state index contributed by atoms with van der Waals surface area (Å²) in [5, 5.41) is 7.57. The first kappa shape index (κ1) is 28.7. The van der Waals surface area contributed by atoms with Crippen LogP contribution in [0.5, 0.6) is 11.5 Å². The number of nitrogens with zero attached hydrogens (tertiary/aromatic N) is 3. The number of esters is 1. The molecule has 40 heavy (non-hydrogen) atoms. The summed E-state index contributed by atoms with van der Waals surface area (Å²) in [6.07, 6.45) is 0.397. The van der Waals surface area contributed by atoms with E-state index in [1.54, 1.807) is 36.9 Å². The van der Waals surface area contributed by atoms with Gasteiger partial charge in [0.1, 0.15) is 12.6 Å². The number of anilines is 1. The van der Waals surface area contributed by atoms with Crippen LogP contribution in [0.25, 0.3) is 0 Å². The maximum Gasteiger partial charge on any atom is 0.310 e. The van der Waals surface area contributed by atoms with Crippen LogP contribution >= 0.6 is 0 Å². The van der Waals surface area contributed by atoms with Crippen LogP contribution in [-0.4, -0.2) is 54.1 Å². The number of amides is 2. The highest BCUT2D eigenvalue weighted by Gasteiger charge is 2.28. The molecule has 2 aromatic carbocycles. The molecule has 0 saturated heterocycles. The monoisotopic (exact) mass is 548 g/mol. The van der Waals surface area contributed by atoms with Gasteiger partial charge in [0.25, 0.3) is 0 Å². The van der Waals surface area contributed by atoms with Crippen LogP contribution in [0.4, 0.5) is 5.69 Å². The van der Waals surface area contributed by atoms with E-state index in [0.717, 1.165) is 22.5 Å². The lowest BCUT2D eigenvalue weighted by Crippen LogP contribution is -2.49. The molecule has 0 unspecified atom stereocenters. The molecule has 0 aliphatic carbocycles. The number of likely N-dealkylation sites (N-methyl/N-ethyl adjacent to an activating group) is 1. The van der Waals surface area contributed by atoms with Crippen molar-refractivity contribution in [3.63, 3.8) is 0 Å². The Morgan fingerprint density at radius 2 is 1.82 bits per heavy atom. The summed E-state index contributed by atoms with van der Waals surface area (Å²) in [5.41, 5.74) is 3.76. The first-order valence-electron chi connectivity index (χ1n) is 13.4. The lowest BCUT2D eigenvalue weighted by molar-refractivity contribution is -0.142. The Balaban J connectivity index is 1.54. The molecule has 2 amide bonds. The number of rotatable bonds is 11. The average Bonchev–Trinajstić information content (AvgIpc) is 3.52. The molecule has 0 spiro atoms. The summed E-state index contributed by atoms with van der Waals surface area (Å²) in [6, 6.07) is 14.0. The second-order valence-corrected chi connectivity index (χ2v) is 9.99. The Hall–Kier alpha value is -4.34. The molecule has 1 aromatic heterocycles. The fourth-order valence-corrected chi connectivity index (χ4v) is 4.68. The number of hydrogen-bond acceptors (Lipinski definition) is 7. The van der Waals surface area contributed by atoms with Crippen molar-refractivity contribution in [3.05, 3.63) is 71.0 Å². The van der Waals surface area contributed by atoms with E-state index in [9.17, 15) is 14.4 Å². The zero-order valence-electron chi connectivity index (χ0n) is 23.6. The molecule has 1 atom stereocenters. The van der Waals surface area contributed by atoms with Gasteiger partial charge in [-0.15, -0.1) is 0 Å². The molecule has 212 valence electrons. The maximum atomic E-state index is 13.7. The Bertz CT molecular complexity index is 1370. The van der Waals surface area contributed by atoms with Crippen LogP contribution in [0.3, 0.4) is 0 Å². The van der Waals surface area contributed by atoms with Crippen LogP contribution in [0, 0.1) is 6.92 Å². The lowest BCUT2D eigenvalue weighted by atomic mass is 10.0. The van der Waals surface area contributed by atoms with Crippen molar-refractivity contribution in [2.45, 2.75) is 59.0 Å². The van der Waals surface area contributed by atoms with Crippen molar-refractivity contribution in [2.24, 2.45) is 0 Å². The van der Waals surface area contributed by atoms with Crippen molar-refractivity contribution in [2.75, 3.05) is 25.3 Å². The molecule has 4 rings (SSSR count). The largest absolute Gasteiger partial charge is 0.466 e. The predicted octanol–water partition coefficient (Wildman–Crippen LogP) is 3.54. The third-order valence-electron chi connectivity index (χ3n) is 6.82.